The number of fused-ring (bicyclic) bond motifs is 3. The SMILES string of the molecule is COc1cc2nc(CC3CC4CCC3C4)[nH]c2cc1OC. The molecule has 3 unspecified atom stereocenters. The van der Waals surface area contributed by atoms with Crippen LogP contribution in [0.25, 0.3) is 11.0 Å². The van der Waals surface area contributed by atoms with E-state index in [1.807, 2.05) is 12.1 Å². The first-order valence-corrected chi connectivity index (χ1v) is 7.87. The molecule has 1 aromatic heterocycles. The topological polar surface area (TPSA) is 47.1 Å². The Bertz CT molecular complexity index is 623. The molecule has 21 heavy (non-hydrogen) atoms. The van der Waals surface area contributed by atoms with Crippen LogP contribution in [-0.4, -0.2) is 24.2 Å². The molecule has 2 aromatic rings. The van der Waals surface area contributed by atoms with Crippen LogP contribution >= 0.6 is 0 Å². The fraction of sp³-hybridized carbons (Fsp3) is 0.588. The second kappa shape index (κ2) is 4.93. The summed E-state index contributed by atoms with van der Waals surface area (Å²) in [6.45, 7) is 0. The van der Waals surface area contributed by atoms with E-state index in [2.05, 4.69) is 4.98 Å². The first-order chi connectivity index (χ1) is 10.3. The molecule has 0 radical (unpaired) electrons. The van der Waals surface area contributed by atoms with Crippen molar-refractivity contribution >= 4 is 11.0 Å². The maximum atomic E-state index is 5.35. The van der Waals surface area contributed by atoms with E-state index in [1.165, 1.54) is 25.7 Å². The lowest BCUT2D eigenvalue weighted by Gasteiger charge is -2.20. The molecule has 2 bridgehead atoms. The minimum atomic E-state index is 0.739. The highest BCUT2D eigenvalue weighted by Crippen LogP contribution is 2.49. The Labute approximate surface area is 124 Å². The smallest absolute Gasteiger partial charge is 0.163 e. The van der Waals surface area contributed by atoms with Crippen LogP contribution in [0.5, 0.6) is 11.5 Å². The number of nitrogens with one attached hydrogen (secondary N) is 1. The van der Waals surface area contributed by atoms with Gasteiger partial charge in [-0.05, 0) is 37.0 Å². The van der Waals surface area contributed by atoms with Crippen LogP contribution in [0.15, 0.2) is 12.1 Å². The summed E-state index contributed by atoms with van der Waals surface area (Å²) >= 11 is 0. The lowest BCUT2D eigenvalue weighted by Crippen LogP contribution is -2.13. The van der Waals surface area contributed by atoms with Crippen molar-refractivity contribution in [1.29, 1.82) is 0 Å². The van der Waals surface area contributed by atoms with E-state index < -0.39 is 0 Å². The van der Waals surface area contributed by atoms with E-state index >= 15 is 0 Å². The molecule has 0 aliphatic heterocycles. The standard InChI is InChI=1S/C17H22N2O2/c1-20-15-8-13-14(9-16(15)21-2)19-17(18-13)7-12-6-10-3-4-11(12)5-10/h8-12H,3-7H2,1-2H3,(H,18,19). The molecule has 4 heteroatoms. The van der Waals surface area contributed by atoms with Crippen LogP contribution in [0.4, 0.5) is 0 Å². The first-order valence-electron chi connectivity index (χ1n) is 7.87. The quantitative estimate of drug-likeness (QED) is 0.935. The molecule has 1 N–H and O–H groups in total. The molecule has 2 saturated carbocycles. The lowest BCUT2D eigenvalue weighted by atomic mass is 9.86. The molecular weight excluding hydrogens is 264 g/mol. The zero-order valence-corrected chi connectivity index (χ0v) is 12.7. The van der Waals surface area contributed by atoms with E-state index in [0.717, 1.165) is 52.5 Å². The second-order valence-corrected chi connectivity index (χ2v) is 6.55. The van der Waals surface area contributed by atoms with E-state index in [-0.39, 0.29) is 0 Å². The summed E-state index contributed by atoms with van der Waals surface area (Å²) in [5, 5.41) is 0. The van der Waals surface area contributed by atoms with Crippen molar-refractivity contribution in [1.82, 2.24) is 9.97 Å². The Morgan fingerprint density at radius 1 is 1.14 bits per heavy atom. The van der Waals surface area contributed by atoms with Crippen molar-refractivity contribution in [3.8, 4) is 11.5 Å². The predicted octanol–water partition coefficient (Wildman–Crippen LogP) is 3.56. The van der Waals surface area contributed by atoms with Gasteiger partial charge < -0.3 is 14.5 Å². The zero-order chi connectivity index (χ0) is 14.4. The number of rotatable bonds is 4. The highest BCUT2D eigenvalue weighted by Gasteiger charge is 2.39. The highest BCUT2D eigenvalue weighted by molar-refractivity contribution is 5.79. The molecule has 4 nitrogen and oxygen atoms in total. The van der Waals surface area contributed by atoms with Gasteiger partial charge in [0.1, 0.15) is 5.82 Å². The average molecular weight is 286 g/mol. The molecule has 0 spiro atoms. The van der Waals surface area contributed by atoms with Crippen LogP contribution in [-0.2, 0) is 6.42 Å². The number of hydrogen-bond acceptors (Lipinski definition) is 3. The minimum absolute atomic E-state index is 0.739. The fourth-order valence-corrected chi connectivity index (χ4v) is 4.36. The summed E-state index contributed by atoms with van der Waals surface area (Å²) in [6.07, 6.45) is 6.81. The molecule has 1 heterocycles. The van der Waals surface area contributed by atoms with Crippen LogP contribution in [0.3, 0.4) is 0 Å². The number of benzene rings is 1. The van der Waals surface area contributed by atoms with Gasteiger partial charge in [0.2, 0.25) is 0 Å². The number of hydrogen-bond donors (Lipinski definition) is 1. The Morgan fingerprint density at radius 3 is 2.62 bits per heavy atom. The van der Waals surface area contributed by atoms with Crippen molar-refractivity contribution in [3.63, 3.8) is 0 Å². The van der Waals surface area contributed by atoms with Crippen LogP contribution in [0.2, 0.25) is 0 Å². The third-order valence-electron chi connectivity index (χ3n) is 5.38. The minimum Gasteiger partial charge on any atom is -0.493 e. The van der Waals surface area contributed by atoms with Gasteiger partial charge in [0.25, 0.3) is 0 Å². The third-order valence-corrected chi connectivity index (χ3v) is 5.38. The fourth-order valence-electron chi connectivity index (χ4n) is 4.36. The number of aromatic nitrogens is 2. The van der Waals surface area contributed by atoms with Gasteiger partial charge in [-0.3, -0.25) is 0 Å². The van der Waals surface area contributed by atoms with Gasteiger partial charge in [-0.15, -0.1) is 0 Å². The summed E-state index contributed by atoms with van der Waals surface area (Å²) in [6, 6.07) is 3.93. The normalized spacial score (nSPS) is 27.4. The molecule has 112 valence electrons. The zero-order valence-electron chi connectivity index (χ0n) is 12.7. The monoisotopic (exact) mass is 286 g/mol. The number of aromatic amines is 1. The average Bonchev–Trinajstić information content (AvgIpc) is 3.19. The lowest BCUT2D eigenvalue weighted by molar-refractivity contribution is 0.327. The van der Waals surface area contributed by atoms with E-state index in [4.69, 9.17) is 14.5 Å². The van der Waals surface area contributed by atoms with Crippen LogP contribution in [0, 0.1) is 17.8 Å². The summed E-state index contributed by atoms with van der Waals surface area (Å²) in [7, 11) is 3.32. The van der Waals surface area contributed by atoms with Crippen LogP contribution in [0.1, 0.15) is 31.5 Å². The van der Waals surface area contributed by atoms with E-state index in [1.54, 1.807) is 14.2 Å². The van der Waals surface area contributed by atoms with Gasteiger partial charge in [0.15, 0.2) is 11.5 Å². The second-order valence-electron chi connectivity index (χ2n) is 6.55. The molecule has 3 atom stereocenters. The van der Waals surface area contributed by atoms with Crippen molar-refractivity contribution in [2.24, 2.45) is 17.8 Å². The van der Waals surface area contributed by atoms with Gasteiger partial charge >= 0.3 is 0 Å². The maximum absolute atomic E-state index is 5.35. The van der Waals surface area contributed by atoms with Gasteiger partial charge in [0.05, 0.1) is 25.3 Å². The number of ether oxygens (including phenoxy) is 2. The first kappa shape index (κ1) is 13.0. The molecule has 1 aromatic carbocycles. The predicted molar refractivity (Wildman–Crippen MR) is 81.8 cm³/mol. The molecule has 2 aliphatic carbocycles. The maximum Gasteiger partial charge on any atom is 0.163 e. The Kier molecular flexibility index (Phi) is 3.05. The molecule has 2 fully saturated rings. The largest absolute Gasteiger partial charge is 0.493 e. The summed E-state index contributed by atoms with van der Waals surface area (Å²) in [4.78, 5) is 8.21. The Hall–Kier alpha value is -1.71. The van der Waals surface area contributed by atoms with Gasteiger partial charge in [-0.25, -0.2) is 4.98 Å². The van der Waals surface area contributed by atoms with E-state index in [9.17, 15) is 0 Å². The van der Waals surface area contributed by atoms with Gasteiger partial charge in [-0.1, -0.05) is 6.42 Å². The van der Waals surface area contributed by atoms with Crippen molar-refractivity contribution in [3.05, 3.63) is 18.0 Å². The highest BCUT2D eigenvalue weighted by atomic mass is 16.5. The van der Waals surface area contributed by atoms with Gasteiger partial charge in [0, 0.05) is 18.6 Å². The number of nitrogens with zero attached hydrogens (tertiary/aromatic N) is 1. The van der Waals surface area contributed by atoms with E-state index in [0.29, 0.717) is 0 Å². The molecule has 0 amide bonds. The summed E-state index contributed by atoms with van der Waals surface area (Å²) in [5.74, 6) is 5.35. The molecule has 2 aliphatic rings. The number of methoxy groups -OCH3 is 2. The Morgan fingerprint density at radius 2 is 1.95 bits per heavy atom. The molecule has 0 saturated heterocycles. The molecule has 4 rings (SSSR count). The third kappa shape index (κ3) is 2.17. The van der Waals surface area contributed by atoms with Crippen molar-refractivity contribution in [2.75, 3.05) is 14.2 Å². The summed E-state index contributed by atoms with van der Waals surface area (Å²) < 4.78 is 10.7. The van der Waals surface area contributed by atoms with Crippen molar-refractivity contribution in [2.45, 2.75) is 32.1 Å². The van der Waals surface area contributed by atoms with Crippen LogP contribution < -0.4 is 9.47 Å². The molecular formula is C17H22N2O2. The number of H-pyrrole nitrogens is 1. The Balaban J connectivity index is 1.61. The van der Waals surface area contributed by atoms with Gasteiger partial charge in [-0.2, -0.15) is 0 Å². The number of imidazole rings is 1. The summed E-state index contributed by atoms with van der Waals surface area (Å²) in [5.41, 5.74) is 2.00. The van der Waals surface area contributed by atoms with Crippen molar-refractivity contribution < 1.29 is 9.47 Å².